The summed E-state index contributed by atoms with van der Waals surface area (Å²) in [6.07, 6.45) is 7.31. The van der Waals surface area contributed by atoms with Crippen LogP contribution in [0.1, 0.15) is 44.3 Å². The molecule has 3 heteroatoms. The van der Waals surface area contributed by atoms with E-state index >= 15 is 0 Å². The maximum atomic E-state index is 5.87. The molecule has 1 heterocycles. The smallest absolute Gasteiger partial charge is 0.200 e. The number of nitrogens with two attached hydrogens (primary N) is 1. The van der Waals surface area contributed by atoms with Gasteiger partial charge in [0.2, 0.25) is 5.95 Å². The van der Waals surface area contributed by atoms with Crippen LogP contribution in [0.25, 0.3) is 0 Å². The zero-order chi connectivity index (χ0) is 10.1. The highest BCUT2D eigenvalue weighted by Crippen LogP contribution is 2.38. The van der Waals surface area contributed by atoms with Crippen molar-refractivity contribution in [3.8, 4) is 0 Å². The lowest BCUT2D eigenvalue weighted by atomic mass is 10.1. The molecule has 14 heavy (non-hydrogen) atoms. The van der Waals surface area contributed by atoms with E-state index in [1.54, 1.807) is 0 Å². The largest absolute Gasteiger partial charge is 0.369 e. The second kappa shape index (κ2) is 3.64. The standard InChI is InChI=1S/C11H19N3/c1-3-10(6-9-4-5-9)14-7-8(2)13-11(14)12/h7,9-10H,3-6H2,1-2H3,(H2,12,13). The van der Waals surface area contributed by atoms with E-state index in [9.17, 15) is 0 Å². The van der Waals surface area contributed by atoms with Gasteiger partial charge in [0.25, 0.3) is 0 Å². The van der Waals surface area contributed by atoms with E-state index in [-0.39, 0.29) is 0 Å². The quantitative estimate of drug-likeness (QED) is 0.798. The van der Waals surface area contributed by atoms with Crippen LogP contribution < -0.4 is 5.73 Å². The highest BCUT2D eigenvalue weighted by molar-refractivity contribution is 5.22. The maximum absolute atomic E-state index is 5.87. The monoisotopic (exact) mass is 193 g/mol. The summed E-state index contributed by atoms with van der Waals surface area (Å²) >= 11 is 0. The Morgan fingerprint density at radius 1 is 1.64 bits per heavy atom. The molecule has 2 rings (SSSR count). The van der Waals surface area contributed by atoms with Crippen LogP contribution in [0, 0.1) is 12.8 Å². The maximum Gasteiger partial charge on any atom is 0.200 e. The third-order valence-corrected chi connectivity index (χ3v) is 3.05. The van der Waals surface area contributed by atoms with Crippen molar-refractivity contribution in [2.24, 2.45) is 5.92 Å². The van der Waals surface area contributed by atoms with Gasteiger partial charge in [-0.3, -0.25) is 0 Å². The van der Waals surface area contributed by atoms with Gasteiger partial charge in [-0.2, -0.15) is 0 Å². The molecule has 78 valence electrons. The molecule has 0 aliphatic heterocycles. The molecular formula is C11H19N3. The van der Waals surface area contributed by atoms with Crippen molar-refractivity contribution in [1.82, 2.24) is 9.55 Å². The minimum absolute atomic E-state index is 0.559. The number of anilines is 1. The van der Waals surface area contributed by atoms with Gasteiger partial charge in [-0.05, 0) is 25.7 Å². The summed E-state index contributed by atoms with van der Waals surface area (Å²) < 4.78 is 2.15. The average Bonchev–Trinajstić information content (AvgIpc) is 2.89. The van der Waals surface area contributed by atoms with Crippen molar-refractivity contribution in [3.05, 3.63) is 11.9 Å². The Morgan fingerprint density at radius 3 is 2.79 bits per heavy atom. The van der Waals surface area contributed by atoms with Gasteiger partial charge in [-0.1, -0.05) is 19.8 Å². The van der Waals surface area contributed by atoms with Crippen molar-refractivity contribution < 1.29 is 0 Å². The van der Waals surface area contributed by atoms with Crippen LogP contribution in [-0.4, -0.2) is 9.55 Å². The van der Waals surface area contributed by atoms with Crippen LogP contribution in [-0.2, 0) is 0 Å². The summed E-state index contributed by atoms with van der Waals surface area (Å²) in [6.45, 7) is 4.22. The van der Waals surface area contributed by atoms with Crippen molar-refractivity contribution >= 4 is 5.95 Å². The Hall–Kier alpha value is -0.990. The number of nitrogen functional groups attached to an aromatic ring is 1. The highest BCUT2D eigenvalue weighted by atomic mass is 15.2. The van der Waals surface area contributed by atoms with E-state index in [0.29, 0.717) is 12.0 Å². The number of nitrogens with zero attached hydrogens (tertiary/aromatic N) is 2. The molecule has 3 nitrogen and oxygen atoms in total. The van der Waals surface area contributed by atoms with Crippen molar-refractivity contribution in [2.45, 2.75) is 45.6 Å². The SMILES string of the molecule is CCC(CC1CC1)n1cc(C)nc1N. The van der Waals surface area contributed by atoms with E-state index in [1.165, 1.54) is 19.3 Å². The van der Waals surface area contributed by atoms with Crippen LogP contribution in [0.15, 0.2) is 6.20 Å². The lowest BCUT2D eigenvalue weighted by molar-refractivity contribution is 0.433. The molecule has 1 aliphatic rings. The van der Waals surface area contributed by atoms with E-state index in [4.69, 9.17) is 5.73 Å². The first kappa shape index (κ1) is 9.56. The third kappa shape index (κ3) is 1.91. The molecule has 0 saturated heterocycles. The van der Waals surface area contributed by atoms with Crippen LogP contribution in [0.2, 0.25) is 0 Å². The highest BCUT2D eigenvalue weighted by Gasteiger charge is 2.26. The summed E-state index contributed by atoms with van der Waals surface area (Å²) in [7, 11) is 0. The molecule has 1 aromatic rings. The first-order valence-corrected chi connectivity index (χ1v) is 5.51. The summed E-state index contributed by atoms with van der Waals surface area (Å²) in [5, 5.41) is 0. The van der Waals surface area contributed by atoms with E-state index in [1.807, 2.05) is 6.92 Å². The molecule has 0 radical (unpaired) electrons. The normalized spacial score (nSPS) is 18.4. The van der Waals surface area contributed by atoms with Gasteiger partial charge in [-0.25, -0.2) is 4.98 Å². The fourth-order valence-corrected chi connectivity index (χ4v) is 2.04. The Labute approximate surface area is 85.3 Å². The topological polar surface area (TPSA) is 43.8 Å². The number of aromatic nitrogens is 2. The van der Waals surface area contributed by atoms with E-state index in [0.717, 1.165) is 18.0 Å². The van der Waals surface area contributed by atoms with Gasteiger partial charge < -0.3 is 10.3 Å². The molecule has 0 amide bonds. The summed E-state index contributed by atoms with van der Waals surface area (Å²) in [6, 6.07) is 0.559. The summed E-state index contributed by atoms with van der Waals surface area (Å²) in [5.74, 6) is 1.62. The van der Waals surface area contributed by atoms with Gasteiger partial charge in [0.15, 0.2) is 0 Å². The van der Waals surface area contributed by atoms with Gasteiger partial charge in [-0.15, -0.1) is 0 Å². The molecule has 1 fully saturated rings. The van der Waals surface area contributed by atoms with Crippen LogP contribution in [0.3, 0.4) is 0 Å². The number of aryl methyl sites for hydroxylation is 1. The predicted molar refractivity (Wildman–Crippen MR) is 58.0 cm³/mol. The zero-order valence-electron chi connectivity index (χ0n) is 9.03. The number of imidazole rings is 1. The molecular weight excluding hydrogens is 174 g/mol. The fourth-order valence-electron chi connectivity index (χ4n) is 2.04. The number of hydrogen-bond donors (Lipinski definition) is 1. The lowest BCUT2D eigenvalue weighted by Gasteiger charge is -2.17. The summed E-state index contributed by atoms with van der Waals surface area (Å²) in [4.78, 5) is 4.25. The first-order chi connectivity index (χ1) is 6.70. The Kier molecular flexibility index (Phi) is 2.48. The molecule has 1 saturated carbocycles. The van der Waals surface area contributed by atoms with Gasteiger partial charge in [0, 0.05) is 12.2 Å². The van der Waals surface area contributed by atoms with Crippen LogP contribution >= 0.6 is 0 Å². The molecule has 1 unspecified atom stereocenters. The van der Waals surface area contributed by atoms with Crippen LogP contribution in [0.4, 0.5) is 5.95 Å². The minimum atomic E-state index is 0.559. The first-order valence-electron chi connectivity index (χ1n) is 5.51. The predicted octanol–water partition coefficient (Wildman–Crippen LogP) is 2.52. The summed E-state index contributed by atoms with van der Waals surface area (Å²) in [5.41, 5.74) is 6.89. The van der Waals surface area contributed by atoms with Crippen LogP contribution in [0.5, 0.6) is 0 Å². The van der Waals surface area contributed by atoms with E-state index in [2.05, 4.69) is 22.7 Å². The molecule has 1 aromatic heterocycles. The molecule has 1 atom stereocenters. The van der Waals surface area contributed by atoms with Gasteiger partial charge in [0.1, 0.15) is 0 Å². The second-order valence-corrected chi connectivity index (χ2v) is 4.39. The Bertz CT molecular complexity index is 312. The minimum Gasteiger partial charge on any atom is -0.369 e. The zero-order valence-corrected chi connectivity index (χ0v) is 9.03. The third-order valence-electron chi connectivity index (χ3n) is 3.05. The average molecular weight is 193 g/mol. The second-order valence-electron chi connectivity index (χ2n) is 4.39. The molecule has 0 aromatic carbocycles. The molecule has 0 spiro atoms. The van der Waals surface area contributed by atoms with Crippen molar-refractivity contribution in [3.63, 3.8) is 0 Å². The van der Waals surface area contributed by atoms with Gasteiger partial charge in [0.05, 0.1) is 5.69 Å². The Morgan fingerprint density at radius 2 is 2.36 bits per heavy atom. The fraction of sp³-hybridized carbons (Fsp3) is 0.727. The van der Waals surface area contributed by atoms with Gasteiger partial charge >= 0.3 is 0 Å². The Balaban J connectivity index is 2.12. The molecule has 1 aliphatic carbocycles. The molecule has 2 N–H and O–H groups in total. The number of hydrogen-bond acceptors (Lipinski definition) is 2. The van der Waals surface area contributed by atoms with Crippen molar-refractivity contribution in [2.75, 3.05) is 5.73 Å². The van der Waals surface area contributed by atoms with Crippen molar-refractivity contribution in [1.29, 1.82) is 0 Å². The van der Waals surface area contributed by atoms with E-state index < -0.39 is 0 Å². The number of rotatable bonds is 4. The lowest BCUT2D eigenvalue weighted by Crippen LogP contribution is -2.11. The molecule has 0 bridgehead atoms.